The first-order valence-electron chi connectivity index (χ1n) is 9.19. The summed E-state index contributed by atoms with van der Waals surface area (Å²) in [6.07, 6.45) is -2.17. The number of hydrogen-bond donors (Lipinski definition) is 0. The van der Waals surface area contributed by atoms with E-state index in [9.17, 15) is 13.2 Å². The Balaban J connectivity index is 1.62. The van der Waals surface area contributed by atoms with Crippen LogP contribution < -0.4 is 4.74 Å². The Morgan fingerprint density at radius 1 is 1.07 bits per heavy atom. The van der Waals surface area contributed by atoms with Gasteiger partial charge in [-0.15, -0.1) is 11.3 Å². The molecule has 1 saturated carbocycles. The lowest BCUT2D eigenvalue weighted by Crippen LogP contribution is -2.09. The molecule has 0 bridgehead atoms. The molecule has 0 saturated heterocycles. The highest BCUT2D eigenvalue weighted by Crippen LogP contribution is 2.47. The Labute approximate surface area is 166 Å². The van der Waals surface area contributed by atoms with Crippen molar-refractivity contribution in [2.45, 2.75) is 39.0 Å². The van der Waals surface area contributed by atoms with Gasteiger partial charge in [-0.05, 0) is 56.5 Å². The van der Waals surface area contributed by atoms with E-state index in [2.05, 4.69) is 4.98 Å². The highest BCUT2D eigenvalue weighted by Gasteiger charge is 2.37. The fraction of sp³-hybridized carbons (Fsp3) is 0.318. The fourth-order valence-electron chi connectivity index (χ4n) is 3.20. The molecule has 0 N–H and O–H groups in total. The number of halogens is 3. The molecule has 0 radical (unpaired) electrons. The highest BCUT2D eigenvalue weighted by atomic mass is 32.1. The zero-order chi connectivity index (χ0) is 19.9. The van der Waals surface area contributed by atoms with Gasteiger partial charge in [-0.2, -0.15) is 13.2 Å². The Morgan fingerprint density at radius 3 is 2.39 bits per heavy atom. The van der Waals surface area contributed by atoms with E-state index in [1.165, 1.54) is 23.5 Å². The Hall–Kier alpha value is -2.34. The van der Waals surface area contributed by atoms with E-state index in [0.717, 1.165) is 51.9 Å². The smallest absolute Gasteiger partial charge is 0.416 e. The quantitative estimate of drug-likeness (QED) is 0.459. The third-order valence-electron chi connectivity index (χ3n) is 4.85. The summed E-state index contributed by atoms with van der Waals surface area (Å²) < 4.78 is 44.7. The summed E-state index contributed by atoms with van der Waals surface area (Å²) >= 11 is 1.51. The first-order valence-corrected chi connectivity index (χ1v) is 10.0. The number of thiazole rings is 1. The SMILES string of the molecule is Cc1cccc(OC(c2sc(-c3ccc(C(F)(F)F)cc3)nc2C)C2CC2)c1. The molecule has 1 heterocycles. The number of nitrogens with zero attached hydrogens (tertiary/aromatic N) is 1. The summed E-state index contributed by atoms with van der Waals surface area (Å²) in [5, 5.41) is 0.722. The van der Waals surface area contributed by atoms with Crippen molar-refractivity contribution < 1.29 is 17.9 Å². The van der Waals surface area contributed by atoms with Gasteiger partial charge in [0.1, 0.15) is 16.9 Å². The van der Waals surface area contributed by atoms with Gasteiger partial charge in [0, 0.05) is 11.5 Å². The molecule has 1 aliphatic rings. The molecule has 1 aliphatic carbocycles. The molecule has 6 heteroatoms. The van der Waals surface area contributed by atoms with Crippen molar-refractivity contribution in [3.63, 3.8) is 0 Å². The van der Waals surface area contributed by atoms with Gasteiger partial charge in [-0.3, -0.25) is 0 Å². The monoisotopic (exact) mass is 403 g/mol. The number of aromatic nitrogens is 1. The van der Waals surface area contributed by atoms with Crippen LogP contribution in [-0.4, -0.2) is 4.98 Å². The molecule has 0 amide bonds. The molecule has 4 rings (SSSR count). The highest BCUT2D eigenvalue weighted by molar-refractivity contribution is 7.15. The van der Waals surface area contributed by atoms with Crippen LogP contribution in [0.3, 0.4) is 0 Å². The number of ether oxygens (including phenoxy) is 1. The lowest BCUT2D eigenvalue weighted by Gasteiger charge is -2.18. The van der Waals surface area contributed by atoms with Gasteiger partial charge >= 0.3 is 6.18 Å². The van der Waals surface area contributed by atoms with Gasteiger partial charge in [-0.25, -0.2) is 4.98 Å². The molecule has 1 fully saturated rings. The summed E-state index contributed by atoms with van der Waals surface area (Å²) in [6, 6.07) is 13.1. The molecule has 28 heavy (non-hydrogen) atoms. The normalized spacial score (nSPS) is 15.5. The van der Waals surface area contributed by atoms with Gasteiger partial charge in [0.2, 0.25) is 0 Å². The van der Waals surface area contributed by atoms with Crippen molar-refractivity contribution in [3.8, 4) is 16.3 Å². The summed E-state index contributed by atoms with van der Waals surface area (Å²) in [6.45, 7) is 3.97. The number of alkyl halides is 3. The topological polar surface area (TPSA) is 22.1 Å². The molecule has 1 unspecified atom stereocenters. The van der Waals surface area contributed by atoms with Crippen LogP contribution in [0.25, 0.3) is 10.6 Å². The number of hydrogen-bond acceptors (Lipinski definition) is 3. The molecule has 2 nitrogen and oxygen atoms in total. The Kier molecular flexibility index (Phi) is 4.91. The lowest BCUT2D eigenvalue weighted by molar-refractivity contribution is -0.137. The zero-order valence-electron chi connectivity index (χ0n) is 15.6. The summed E-state index contributed by atoms with van der Waals surface area (Å²) in [5.74, 6) is 1.29. The molecule has 2 aromatic carbocycles. The third-order valence-corrected chi connectivity index (χ3v) is 6.12. The van der Waals surface area contributed by atoms with Gasteiger partial charge in [0.25, 0.3) is 0 Å². The molecule has 146 valence electrons. The molecule has 3 aromatic rings. The molecule has 1 atom stereocenters. The van der Waals surface area contributed by atoms with E-state index in [0.29, 0.717) is 11.5 Å². The average Bonchev–Trinajstić information content (AvgIpc) is 3.41. The molecular weight excluding hydrogens is 383 g/mol. The van der Waals surface area contributed by atoms with E-state index in [1.54, 1.807) is 0 Å². The van der Waals surface area contributed by atoms with Gasteiger partial charge in [0.15, 0.2) is 0 Å². The van der Waals surface area contributed by atoms with Gasteiger partial charge in [0.05, 0.1) is 16.1 Å². The fourth-order valence-corrected chi connectivity index (χ4v) is 4.39. The third kappa shape index (κ3) is 4.07. The molecule has 1 aromatic heterocycles. The van der Waals surface area contributed by atoms with Crippen molar-refractivity contribution >= 4 is 11.3 Å². The predicted octanol–water partition coefficient (Wildman–Crippen LogP) is 6.98. The van der Waals surface area contributed by atoms with Crippen molar-refractivity contribution in [2.24, 2.45) is 5.92 Å². The first kappa shape index (κ1) is 19.0. The van der Waals surface area contributed by atoms with Crippen LogP contribution in [-0.2, 0) is 6.18 Å². The van der Waals surface area contributed by atoms with Gasteiger partial charge in [-0.1, -0.05) is 24.3 Å². The minimum absolute atomic E-state index is 0.0671. The summed E-state index contributed by atoms with van der Waals surface area (Å²) in [5.41, 5.74) is 2.06. The van der Waals surface area contributed by atoms with E-state index >= 15 is 0 Å². The maximum absolute atomic E-state index is 12.8. The van der Waals surface area contributed by atoms with Crippen LogP contribution >= 0.6 is 11.3 Å². The predicted molar refractivity (Wildman–Crippen MR) is 105 cm³/mol. The van der Waals surface area contributed by atoms with E-state index in [-0.39, 0.29) is 6.10 Å². The zero-order valence-corrected chi connectivity index (χ0v) is 16.4. The van der Waals surface area contributed by atoms with E-state index < -0.39 is 11.7 Å². The minimum Gasteiger partial charge on any atom is -0.485 e. The first-order chi connectivity index (χ1) is 13.3. The van der Waals surface area contributed by atoms with Crippen molar-refractivity contribution in [1.29, 1.82) is 0 Å². The van der Waals surface area contributed by atoms with Crippen LogP contribution in [0, 0.1) is 19.8 Å². The standard InChI is InChI=1S/C22H20F3NOS/c1-13-4-3-5-18(12-13)27-19(15-6-7-15)20-14(2)26-21(28-20)16-8-10-17(11-9-16)22(23,24)25/h3-5,8-12,15,19H,6-7H2,1-2H3. The minimum atomic E-state index is -4.33. The van der Waals surface area contributed by atoms with Crippen LogP contribution in [0.5, 0.6) is 5.75 Å². The Morgan fingerprint density at radius 2 is 1.79 bits per heavy atom. The van der Waals surface area contributed by atoms with Crippen LogP contribution in [0.4, 0.5) is 13.2 Å². The maximum atomic E-state index is 12.8. The van der Waals surface area contributed by atoms with Crippen molar-refractivity contribution in [2.75, 3.05) is 0 Å². The van der Waals surface area contributed by atoms with E-state index in [1.807, 2.05) is 38.1 Å². The summed E-state index contributed by atoms with van der Waals surface area (Å²) in [7, 11) is 0. The molecular formula is C22H20F3NOS. The van der Waals surface area contributed by atoms with Crippen molar-refractivity contribution in [1.82, 2.24) is 4.98 Å². The van der Waals surface area contributed by atoms with Crippen LogP contribution in [0.1, 0.15) is 40.6 Å². The maximum Gasteiger partial charge on any atom is 0.416 e. The number of rotatable bonds is 5. The van der Waals surface area contributed by atoms with E-state index in [4.69, 9.17) is 4.74 Å². The Bertz CT molecular complexity index is 974. The number of aryl methyl sites for hydroxylation is 2. The van der Waals surface area contributed by atoms with Crippen LogP contribution in [0.15, 0.2) is 48.5 Å². The van der Waals surface area contributed by atoms with Gasteiger partial charge < -0.3 is 4.74 Å². The number of benzene rings is 2. The largest absolute Gasteiger partial charge is 0.485 e. The molecule has 0 spiro atoms. The second kappa shape index (κ2) is 7.24. The summed E-state index contributed by atoms with van der Waals surface area (Å²) in [4.78, 5) is 5.67. The second-order valence-electron chi connectivity index (χ2n) is 7.24. The second-order valence-corrected chi connectivity index (χ2v) is 8.27. The average molecular weight is 403 g/mol. The van der Waals surface area contributed by atoms with Crippen molar-refractivity contribution in [3.05, 3.63) is 70.2 Å². The lowest BCUT2D eigenvalue weighted by atomic mass is 10.1. The van der Waals surface area contributed by atoms with Crippen LogP contribution in [0.2, 0.25) is 0 Å². The molecule has 0 aliphatic heterocycles.